The van der Waals surface area contributed by atoms with Crippen LogP contribution in [0.5, 0.6) is 23.0 Å². The fourth-order valence-electron chi connectivity index (χ4n) is 17.7. The summed E-state index contributed by atoms with van der Waals surface area (Å²) in [6.07, 6.45) is 35.6. The summed E-state index contributed by atoms with van der Waals surface area (Å²) in [7, 11) is 5.61. The van der Waals surface area contributed by atoms with Crippen LogP contribution in [0, 0.1) is 11.8 Å². The van der Waals surface area contributed by atoms with Crippen molar-refractivity contribution in [2.45, 2.75) is 346 Å². The van der Waals surface area contributed by atoms with Crippen molar-refractivity contribution in [3.05, 3.63) is 131 Å². The van der Waals surface area contributed by atoms with Gasteiger partial charge in [0.05, 0.1) is 57.2 Å². The second-order valence-corrected chi connectivity index (χ2v) is 38.8. The molecular formula is C108H160N14O23. The molecule has 2 aromatic heterocycles. The lowest BCUT2D eigenvalue weighted by molar-refractivity contribution is -0.143. The average molecular weight is 2020 g/mol. The Morgan fingerprint density at radius 2 is 0.752 bits per heavy atom. The zero-order valence-electron chi connectivity index (χ0n) is 86.4. The molecule has 6 aromatic rings. The van der Waals surface area contributed by atoms with Crippen LogP contribution in [0.2, 0.25) is 0 Å². The third-order valence-electron chi connectivity index (χ3n) is 27.0. The molecule has 8 bridgehead atoms. The van der Waals surface area contributed by atoms with Crippen LogP contribution in [0.15, 0.2) is 97.8 Å². The number of aromatic nitrogens is 4. The van der Waals surface area contributed by atoms with E-state index >= 15 is 0 Å². The number of aliphatic hydroxyl groups is 4. The molecule has 0 unspecified atom stereocenters. The highest BCUT2D eigenvalue weighted by Crippen LogP contribution is 2.42. The molecular weight excluding hydrogens is 1860 g/mol. The molecule has 800 valence electrons. The number of imidazole rings is 2. The fraction of sp³-hybridized carbons (Fsp3) is 0.593. The highest BCUT2D eigenvalue weighted by Gasteiger charge is 2.39. The van der Waals surface area contributed by atoms with E-state index in [0.29, 0.717) is 36.1 Å². The van der Waals surface area contributed by atoms with Crippen LogP contribution in [0.3, 0.4) is 0 Å². The average Bonchev–Trinajstić information content (AvgIpc) is 0.941. The molecule has 4 heterocycles. The third kappa shape index (κ3) is 40.6. The molecule has 4 aromatic carbocycles. The van der Waals surface area contributed by atoms with Crippen molar-refractivity contribution in [3.8, 4) is 45.3 Å². The molecule has 0 radical (unpaired) electrons. The van der Waals surface area contributed by atoms with E-state index in [-0.39, 0.29) is 139 Å². The van der Waals surface area contributed by atoms with Gasteiger partial charge in [-0.25, -0.2) is 14.8 Å². The number of nitrogens with zero attached hydrogens (tertiary/aromatic N) is 6. The predicted molar refractivity (Wildman–Crippen MR) is 548 cm³/mol. The summed E-state index contributed by atoms with van der Waals surface area (Å²) in [4.78, 5) is 206. The number of carboxylic acid groups (broad SMARTS) is 1. The molecule has 0 saturated carbocycles. The topological polar surface area (TPSA) is 578 Å². The van der Waals surface area contributed by atoms with Crippen LogP contribution in [-0.2, 0) is 92.8 Å². The molecule has 37 heteroatoms. The first-order chi connectivity index (χ1) is 69.3. The quantitative estimate of drug-likeness (QED) is 0.0158. The number of Topliss-reactive ketones (excluding diaryl/α,β-unsaturated/α-hetero) is 4. The Morgan fingerprint density at radius 3 is 1.09 bits per heavy atom. The van der Waals surface area contributed by atoms with Crippen LogP contribution in [0.25, 0.3) is 22.3 Å². The smallest absolute Gasteiger partial charge is 0.326 e. The van der Waals surface area contributed by atoms with Crippen LogP contribution in [0.1, 0.15) is 306 Å². The Bertz CT molecular complexity index is 5110. The van der Waals surface area contributed by atoms with Gasteiger partial charge < -0.3 is 108 Å². The molecule has 37 nitrogen and oxygen atoms in total. The van der Waals surface area contributed by atoms with Crippen molar-refractivity contribution in [2.75, 3.05) is 54.6 Å². The number of aromatic amines is 2. The first-order valence-corrected chi connectivity index (χ1v) is 51.6. The number of amides is 9. The number of unbranched alkanes of at least 4 members (excludes halogenated alkanes) is 24. The number of benzene rings is 4. The van der Waals surface area contributed by atoms with Gasteiger partial charge in [-0.15, -0.1) is 0 Å². The van der Waals surface area contributed by atoms with Gasteiger partial charge in [-0.2, -0.15) is 0 Å². The number of nitrogens with one attached hydrogen (secondary N) is 7. The molecule has 0 saturated heterocycles. The van der Waals surface area contributed by atoms with Gasteiger partial charge in [0, 0.05) is 169 Å². The van der Waals surface area contributed by atoms with E-state index in [4.69, 9.17) is 10.8 Å². The number of aromatic hydroxyl groups is 4. The van der Waals surface area contributed by atoms with Gasteiger partial charge in [-0.3, -0.25) is 62.3 Å². The Morgan fingerprint density at radius 1 is 0.414 bits per heavy atom. The molecule has 8 rings (SSSR count). The van der Waals surface area contributed by atoms with E-state index in [1.165, 1.54) is 248 Å². The second-order valence-electron chi connectivity index (χ2n) is 38.8. The van der Waals surface area contributed by atoms with Gasteiger partial charge in [0.1, 0.15) is 59.2 Å². The number of aliphatic hydroxyl groups excluding tert-OH is 4. The standard InChI is InChI=1S/C54H79N7O11.C48H70N4O11.C6H11N3O/c1-6-7-8-9-10-11-12-13-14-15-16-17-18-19-49(68)60(4)44(33-63)54(72)57-36(3)45(64)24-25-50(69)61(5)51-38-21-23-47(66)42(29-38)41-27-37(20-22-46(41)65)28-43(59-52(70)35(2)26-48(51)67)53(71)58-40(32-62)30-39-31-55-34-56-39;1-6-7-8-9-10-11-12-13-14-15-16-17-18-19-43(58)51(4)38(30-53)47(61)49-32(3)39(54)24-25-44(59)52(5)45-34-21-23-41(56)36(29-34)35-27-33(20-22-40(35)55)28-37(48(62)63)50-46(60)31(2)26-42(45)57;7-5(3-10)1-6-2-8-4-9-6/h20-23,27,29,31,34-36,40,43-44,51,62-63,65-66H,6-19,24-26,28,30,32-33H2,1-5H3,(H,55,56)(H,57,72)(H,58,71)(H,59,70);20-23,27,29,31-32,37-38,45,53,55-56H,6-19,24-26,28,30H2,1-5H3,(H,49,61)(H,50,60)(H,62,63);2,4-5,10H,1,3,7H2,(H,8,9)/t35-,36-,40+,43+,44-,51+;31-,32-,37+,38-,45+;5-/m110/s1. The van der Waals surface area contributed by atoms with Crippen molar-refractivity contribution in [1.29, 1.82) is 0 Å². The largest absolute Gasteiger partial charge is 0.507 e. The zero-order valence-corrected chi connectivity index (χ0v) is 86.4. The lowest BCUT2D eigenvalue weighted by atomic mass is 9.89. The number of fused-ring (bicyclic) bond motifs is 10. The minimum Gasteiger partial charge on any atom is -0.507 e. The maximum absolute atomic E-state index is 14.3. The van der Waals surface area contributed by atoms with Gasteiger partial charge in [0.25, 0.3) is 0 Å². The lowest BCUT2D eigenvalue weighted by Gasteiger charge is -2.30. The summed E-state index contributed by atoms with van der Waals surface area (Å²) in [5, 5.41) is 106. The maximum Gasteiger partial charge on any atom is 0.326 e. The third-order valence-corrected chi connectivity index (χ3v) is 27.0. The van der Waals surface area contributed by atoms with Gasteiger partial charge >= 0.3 is 5.97 Å². The SMILES string of the molecule is CCCCCCCCCCCCCCCC(=O)N(C)[C@H](CO)C(=O)N[C@H](C)C(=O)CCC(=O)N(C)[C@@H]1C(=O)C[C@@H](C)C(=O)N[C@H](C(=O)N[C@H](CO)Cc2cnc[nH]2)Cc2ccc(O)c(c2)-c2cc1ccc2O.CCCCCCCCCCCCCCCC(=O)N(C)[C@H](CO)C(=O)N[C@H](C)C(=O)CCC(=O)N(C)[C@@H]1C(=O)C[C@@H](C)C(=O)N[C@H](C(=O)O)Cc2ccc(O)c(c2)-c2cc1ccc2O.N[C@H](CO)Cc1cnc[nH]1. The molecule has 0 fully saturated rings. The molecule has 2 aliphatic heterocycles. The number of carboxylic acids is 1. The monoisotopic (exact) mass is 2020 g/mol. The highest BCUT2D eigenvalue weighted by molar-refractivity contribution is 5.99. The van der Waals surface area contributed by atoms with Crippen molar-refractivity contribution in [2.24, 2.45) is 17.6 Å². The number of aliphatic carboxylic acids is 1. The number of carbonyl (C=O) groups excluding carboxylic acids is 13. The van der Waals surface area contributed by atoms with E-state index in [1.54, 1.807) is 30.9 Å². The summed E-state index contributed by atoms with van der Waals surface area (Å²) < 4.78 is 0. The first kappa shape index (κ1) is 121. The molecule has 145 heavy (non-hydrogen) atoms. The number of likely N-dealkylation sites (N-methyl/N-ethyl adjacent to an activating group) is 4. The molecule has 12 atom stereocenters. The Labute approximate surface area is 852 Å². The van der Waals surface area contributed by atoms with Gasteiger partial charge in [-0.05, 0) is 97.5 Å². The Hall–Kier alpha value is -12.3. The molecule has 0 spiro atoms. The molecule has 9 amide bonds. The van der Waals surface area contributed by atoms with E-state index < -0.39 is 169 Å². The molecule has 0 aliphatic carbocycles. The second kappa shape index (κ2) is 64.5. The normalized spacial score (nSPS) is 17.0. The van der Waals surface area contributed by atoms with Crippen molar-refractivity contribution in [3.63, 3.8) is 0 Å². The maximum atomic E-state index is 14.3. The van der Waals surface area contributed by atoms with Crippen molar-refractivity contribution < 1.29 is 113 Å². The minimum absolute atomic E-state index is 0.0129. The van der Waals surface area contributed by atoms with Crippen LogP contribution < -0.4 is 32.3 Å². The number of nitrogens with two attached hydrogens (primary N) is 1. The number of carbonyl (C=O) groups is 14. The van der Waals surface area contributed by atoms with Crippen LogP contribution in [-0.4, -0.2) is 271 Å². The first-order valence-electron chi connectivity index (χ1n) is 51.6. The predicted octanol–water partition coefficient (Wildman–Crippen LogP) is 10.9. The molecule has 18 N–H and O–H groups in total. The van der Waals surface area contributed by atoms with Gasteiger partial charge in [-0.1, -0.05) is 206 Å². The van der Waals surface area contributed by atoms with Crippen molar-refractivity contribution in [1.82, 2.24) is 66.1 Å². The number of hydrogen-bond acceptors (Lipinski definition) is 25. The minimum atomic E-state index is -1.36. The summed E-state index contributed by atoms with van der Waals surface area (Å²) in [5.41, 5.74) is 9.01. The summed E-state index contributed by atoms with van der Waals surface area (Å²) in [5.74, 6) is -11.7. The number of hydrogen-bond donors (Lipinski definition) is 17. The summed E-state index contributed by atoms with van der Waals surface area (Å²) in [6.45, 7) is 8.56. The fourth-order valence-corrected chi connectivity index (χ4v) is 17.7. The van der Waals surface area contributed by atoms with Crippen LogP contribution >= 0.6 is 0 Å². The van der Waals surface area contributed by atoms with Crippen LogP contribution in [0.4, 0.5) is 0 Å². The highest BCUT2D eigenvalue weighted by atomic mass is 16.4. The number of rotatable bonds is 55. The lowest BCUT2D eigenvalue weighted by Crippen LogP contribution is -2.53. The summed E-state index contributed by atoms with van der Waals surface area (Å²) in [6, 6.07) is 6.42. The number of phenolic OH excluding ortho intramolecular Hbond substituents is 4. The number of phenols is 4. The van der Waals surface area contributed by atoms with E-state index in [0.717, 1.165) is 54.0 Å². The Kier molecular flexibility index (Phi) is 54.0. The van der Waals surface area contributed by atoms with E-state index in [1.807, 2.05) is 0 Å². The number of ketones is 4. The van der Waals surface area contributed by atoms with E-state index in [2.05, 4.69) is 60.4 Å². The molecule has 2 aliphatic rings. The van der Waals surface area contributed by atoms with Gasteiger partial charge in [0.15, 0.2) is 23.1 Å². The number of H-pyrrole nitrogens is 2. The van der Waals surface area contributed by atoms with Gasteiger partial charge in [0.2, 0.25) is 53.2 Å². The van der Waals surface area contributed by atoms with Crippen molar-refractivity contribution >= 4 is 82.3 Å². The Balaban J connectivity index is 0.000000406. The van der Waals surface area contributed by atoms with E-state index in [9.17, 15) is 108 Å². The summed E-state index contributed by atoms with van der Waals surface area (Å²) >= 11 is 0. The zero-order chi connectivity index (χ0) is 107.